The van der Waals surface area contributed by atoms with E-state index >= 15 is 0 Å². The summed E-state index contributed by atoms with van der Waals surface area (Å²) in [5, 5.41) is 33.5. The molecule has 1 aliphatic carbocycles. The molecule has 0 aromatic carbocycles. The first kappa shape index (κ1) is 17.9. The Balaban J connectivity index is 2.47. The van der Waals surface area contributed by atoms with Crippen molar-refractivity contribution in [3.63, 3.8) is 0 Å². The lowest BCUT2D eigenvalue weighted by Crippen LogP contribution is -2.70. The summed E-state index contributed by atoms with van der Waals surface area (Å²) in [6.07, 6.45) is 4.78. The molecule has 0 bridgehead atoms. The van der Waals surface area contributed by atoms with Gasteiger partial charge in [-0.05, 0) is 32.6 Å². The topological polar surface area (TPSA) is 116 Å². The van der Waals surface area contributed by atoms with Crippen LogP contribution in [0.15, 0.2) is 12.2 Å². The first-order valence-corrected chi connectivity index (χ1v) is 7.91. The quantitative estimate of drug-likeness (QED) is 0.399. The second-order valence-electron chi connectivity index (χ2n) is 6.47. The Morgan fingerprint density at radius 3 is 2.78 bits per heavy atom. The summed E-state index contributed by atoms with van der Waals surface area (Å²) in [7, 11) is 1.15. The van der Waals surface area contributed by atoms with Crippen molar-refractivity contribution < 1.29 is 29.6 Å². The predicted molar refractivity (Wildman–Crippen MR) is 81.2 cm³/mol. The SMILES string of the molecule is COC(=O)C1([C@H](O)[C@@H]2C=CCCC2)NC(=O)[C@H](CCO)[C@]1(C)O. The number of esters is 1. The molecule has 1 amide bonds. The molecule has 0 aromatic rings. The van der Waals surface area contributed by atoms with Crippen molar-refractivity contribution in [2.45, 2.75) is 49.9 Å². The van der Waals surface area contributed by atoms with Gasteiger partial charge < -0.3 is 25.4 Å². The largest absolute Gasteiger partial charge is 0.467 e. The molecule has 1 heterocycles. The van der Waals surface area contributed by atoms with Crippen LogP contribution in [0.5, 0.6) is 0 Å². The number of methoxy groups -OCH3 is 1. The summed E-state index contributed by atoms with van der Waals surface area (Å²) in [5.41, 5.74) is -3.84. The molecule has 1 fully saturated rings. The fraction of sp³-hybridized carbons (Fsp3) is 0.750. The van der Waals surface area contributed by atoms with Crippen molar-refractivity contribution in [2.75, 3.05) is 13.7 Å². The second kappa shape index (κ2) is 6.59. The van der Waals surface area contributed by atoms with Gasteiger partial charge in [0.2, 0.25) is 5.91 Å². The first-order chi connectivity index (χ1) is 10.8. The van der Waals surface area contributed by atoms with Crippen LogP contribution in [0.1, 0.15) is 32.6 Å². The number of aliphatic hydroxyl groups is 3. The zero-order valence-electron chi connectivity index (χ0n) is 13.5. The average molecular weight is 327 g/mol. The van der Waals surface area contributed by atoms with Gasteiger partial charge in [-0.25, -0.2) is 4.79 Å². The van der Waals surface area contributed by atoms with E-state index in [2.05, 4.69) is 5.32 Å². The van der Waals surface area contributed by atoms with Crippen molar-refractivity contribution >= 4 is 11.9 Å². The number of aliphatic hydroxyl groups excluding tert-OH is 2. The molecule has 0 aromatic heterocycles. The molecule has 130 valence electrons. The highest BCUT2D eigenvalue weighted by molar-refractivity contribution is 5.96. The van der Waals surface area contributed by atoms with E-state index in [1.807, 2.05) is 6.08 Å². The second-order valence-corrected chi connectivity index (χ2v) is 6.47. The predicted octanol–water partition coefficient (Wildman–Crippen LogP) is -0.505. The molecular formula is C16H25NO6. The molecule has 1 saturated heterocycles. The van der Waals surface area contributed by atoms with E-state index in [4.69, 9.17) is 9.84 Å². The van der Waals surface area contributed by atoms with Crippen LogP contribution in [-0.4, -0.2) is 58.2 Å². The van der Waals surface area contributed by atoms with Crippen LogP contribution in [0.3, 0.4) is 0 Å². The summed E-state index contributed by atoms with van der Waals surface area (Å²) < 4.78 is 4.80. The maximum Gasteiger partial charge on any atom is 0.337 e. The van der Waals surface area contributed by atoms with Gasteiger partial charge in [0.15, 0.2) is 5.54 Å². The minimum Gasteiger partial charge on any atom is -0.467 e. The van der Waals surface area contributed by atoms with Crippen molar-refractivity contribution in [3.05, 3.63) is 12.2 Å². The molecule has 23 heavy (non-hydrogen) atoms. The number of hydrogen-bond acceptors (Lipinski definition) is 6. The number of nitrogens with one attached hydrogen (secondary N) is 1. The third-order valence-electron chi connectivity index (χ3n) is 5.18. The molecule has 0 saturated carbocycles. The van der Waals surface area contributed by atoms with Crippen molar-refractivity contribution in [3.8, 4) is 0 Å². The van der Waals surface area contributed by atoms with Gasteiger partial charge in [-0.3, -0.25) is 4.79 Å². The lowest BCUT2D eigenvalue weighted by atomic mass is 9.68. The zero-order valence-corrected chi connectivity index (χ0v) is 13.5. The van der Waals surface area contributed by atoms with Crippen molar-refractivity contribution in [1.82, 2.24) is 5.32 Å². The number of allylic oxidation sites excluding steroid dienone is 1. The first-order valence-electron chi connectivity index (χ1n) is 7.91. The van der Waals surface area contributed by atoms with Gasteiger partial charge >= 0.3 is 5.97 Å². The third kappa shape index (κ3) is 2.66. The zero-order chi connectivity index (χ0) is 17.3. The molecular weight excluding hydrogens is 302 g/mol. The van der Waals surface area contributed by atoms with Crippen LogP contribution in [-0.2, 0) is 14.3 Å². The molecule has 5 atom stereocenters. The van der Waals surface area contributed by atoms with Crippen LogP contribution in [0.4, 0.5) is 0 Å². The number of carbonyl (C=O) groups is 2. The Kier molecular flexibility index (Phi) is 5.13. The highest BCUT2D eigenvalue weighted by atomic mass is 16.5. The molecule has 2 aliphatic rings. The fourth-order valence-electron chi connectivity index (χ4n) is 3.81. The number of hydrogen-bond donors (Lipinski definition) is 4. The standard InChI is InChI=1S/C16H25NO6/c1-15(22)11(8-9-18)13(20)17-16(15,14(21)23-2)12(19)10-6-4-3-5-7-10/h4,6,10-12,18-19,22H,3,5,7-9H2,1-2H3,(H,17,20)/t10-,11+,12-,15+,16?/m1/s1. The summed E-state index contributed by atoms with van der Waals surface area (Å²) in [5.74, 6) is -2.84. The Morgan fingerprint density at radius 2 is 2.26 bits per heavy atom. The highest BCUT2D eigenvalue weighted by Gasteiger charge is 2.69. The molecule has 7 heteroatoms. The normalized spacial score (nSPS) is 38.2. The molecule has 1 aliphatic heterocycles. The average Bonchev–Trinajstić information content (AvgIpc) is 2.75. The van der Waals surface area contributed by atoms with Crippen LogP contribution in [0.25, 0.3) is 0 Å². The third-order valence-corrected chi connectivity index (χ3v) is 5.18. The summed E-state index contributed by atoms with van der Waals surface area (Å²) in [6.45, 7) is 1.02. The van der Waals surface area contributed by atoms with E-state index in [9.17, 15) is 19.8 Å². The van der Waals surface area contributed by atoms with Gasteiger partial charge in [-0.15, -0.1) is 0 Å². The van der Waals surface area contributed by atoms with Gasteiger partial charge in [0.1, 0.15) is 5.60 Å². The van der Waals surface area contributed by atoms with E-state index in [1.54, 1.807) is 6.08 Å². The van der Waals surface area contributed by atoms with E-state index < -0.39 is 35.0 Å². The molecule has 2 rings (SSSR count). The Morgan fingerprint density at radius 1 is 1.57 bits per heavy atom. The molecule has 7 nitrogen and oxygen atoms in total. The van der Waals surface area contributed by atoms with Gasteiger partial charge in [0.05, 0.1) is 19.1 Å². The number of amides is 1. The number of ether oxygens (including phenoxy) is 1. The minimum atomic E-state index is -1.95. The molecule has 0 radical (unpaired) electrons. The van der Waals surface area contributed by atoms with E-state index in [0.29, 0.717) is 6.42 Å². The van der Waals surface area contributed by atoms with Gasteiger partial charge in [-0.2, -0.15) is 0 Å². The Hall–Kier alpha value is -1.44. The van der Waals surface area contributed by atoms with Gasteiger partial charge in [0.25, 0.3) is 0 Å². The number of carbonyl (C=O) groups excluding carboxylic acids is 2. The summed E-state index contributed by atoms with van der Waals surface area (Å²) in [4.78, 5) is 24.8. The van der Waals surface area contributed by atoms with Crippen LogP contribution in [0, 0.1) is 11.8 Å². The van der Waals surface area contributed by atoms with E-state index in [-0.39, 0.29) is 18.9 Å². The molecule has 1 unspecified atom stereocenters. The number of rotatable bonds is 5. The summed E-state index contributed by atoms with van der Waals surface area (Å²) >= 11 is 0. The van der Waals surface area contributed by atoms with Gasteiger partial charge in [-0.1, -0.05) is 12.2 Å². The van der Waals surface area contributed by atoms with Crippen LogP contribution >= 0.6 is 0 Å². The van der Waals surface area contributed by atoms with Crippen LogP contribution < -0.4 is 5.32 Å². The fourth-order valence-corrected chi connectivity index (χ4v) is 3.81. The van der Waals surface area contributed by atoms with Crippen molar-refractivity contribution in [1.29, 1.82) is 0 Å². The maximum atomic E-state index is 12.5. The maximum absolute atomic E-state index is 12.5. The van der Waals surface area contributed by atoms with Crippen LogP contribution in [0.2, 0.25) is 0 Å². The lowest BCUT2D eigenvalue weighted by molar-refractivity contribution is -0.174. The van der Waals surface area contributed by atoms with Crippen molar-refractivity contribution in [2.24, 2.45) is 11.8 Å². The smallest absolute Gasteiger partial charge is 0.337 e. The van der Waals surface area contributed by atoms with E-state index in [0.717, 1.165) is 20.0 Å². The van der Waals surface area contributed by atoms with Gasteiger partial charge in [0, 0.05) is 12.5 Å². The Bertz CT molecular complexity index is 503. The Labute approximate surface area is 135 Å². The lowest BCUT2D eigenvalue weighted by Gasteiger charge is -2.44. The van der Waals surface area contributed by atoms with E-state index in [1.165, 1.54) is 6.92 Å². The molecule has 4 N–H and O–H groups in total. The highest BCUT2D eigenvalue weighted by Crippen LogP contribution is 2.44. The summed E-state index contributed by atoms with van der Waals surface area (Å²) in [6, 6.07) is 0. The molecule has 0 spiro atoms. The minimum absolute atomic E-state index is 0.00912. The monoisotopic (exact) mass is 327 g/mol.